The molecule has 2 fully saturated rings. The average Bonchev–Trinajstić information content (AvgIpc) is 2.97. The fourth-order valence-electron chi connectivity index (χ4n) is 3.22. The minimum atomic E-state index is 0.620. The van der Waals surface area contributed by atoms with Crippen molar-refractivity contribution in [3.8, 4) is 0 Å². The first kappa shape index (κ1) is 12.0. The molecule has 3 rings (SSSR count). The summed E-state index contributed by atoms with van der Waals surface area (Å²) < 4.78 is 1.95. The molecule has 2 N–H and O–H groups in total. The number of rotatable bonds is 4. The van der Waals surface area contributed by atoms with Crippen molar-refractivity contribution < 1.29 is 0 Å². The van der Waals surface area contributed by atoms with Crippen molar-refractivity contribution in [1.29, 1.82) is 0 Å². The van der Waals surface area contributed by atoms with Crippen molar-refractivity contribution >= 4 is 5.82 Å². The number of aromatic nitrogens is 2. The summed E-state index contributed by atoms with van der Waals surface area (Å²) in [7, 11) is 0. The van der Waals surface area contributed by atoms with Crippen molar-refractivity contribution in [2.75, 3.05) is 38.5 Å². The molecule has 1 aromatic rings. The molecule has 0 amide bonds. The first-order valence-electron chi connectivity index (χ1n) is 7.06. The van der Waals surface area contributed by atoms with E-state index in [0.29, 0.717) is 5.82 Å². The Kier molecular flexibility index (Phi) is 3.52. The van der Waals surface area contributed by atoms with Crippen molar-refractivity contribution in [2.24, 2.45) is 0 Å². The predicted octanol–water partition coefficient (Wildman–Crippen LogP) is 0.635. The predicted molar refractivity (Wildman–Crippen MR) is 72.3 cm³/mol. The van der Waals surface area contributed by atoms with Crippen LogP contribution in [0, 0.1) is 0 Å². The highest BCUT2D eigenvalue weighted by atomic mass is 15.3. The molecule has 0 bridgehead atoms. The number of piperazine rings is 1. The van der Waals surface area contributed by atoms with Gasteiger partial charge in [-0.15, -0.1) is 0 Å². The lowest BCUT2D eigenvalue weighted by Gasteiger charge is -2.37. The Hall–Kier alpha value is -1.07. The summed E-state index contributed by atoms with van der Waals surface area (Å²) in [6, 6.07) is 2.69. The Balaban J connectivity index is 1.41. The lowest BCUT2D eigenvalue weighted by Crippen LogP contribution is -2.50. The molecule has 3 heterocycles. The lowest BCUT2D eigenvalue weighted by atomic mass is 10.1. The average molecular weight is 249 g/mol. The molecule has 0 radical (unpaired) electrons. The van der Waals surface area contributed by atoms with Crippen LogP contribution in [0.2, 0.25) is 0 Å². The van der Waals surface area contributed by atoms with Crippen molar-refractivity contribution in [3.63, 3.8) is 0 Å². The van der Waals surface area contributed by atoms with Gasteiger partial charge in [-0.25, -0.2) is 0 Å². The van der Waals surface area contributed by atoms with E-state index in [9.17, 15) is 0 Å². The van der Waals surface area contributed by atoms with Gasteiger partial charge in [-0.1, -0.05) is 0 Å². The summed E-state index contributed by atoms with van der Waals surface area (Å²) in [6.45, 7) is 7.25. The summed E-state index contributed by atoms with van der Waals surface area (Å²) in [6.07, 6.45) is 5.91. The van der Waals surface area contributed by atoms with Crippen LogP contribution < -0.4 is 5.73 Å². The van der Waals surface area contributed by atoms with E-state index >= 15 is 0 Å². The van der Waals surface area contributed by atoms with Crippen LogP contribution in [-0.4, -0.2) is 58.3 Å². The van der Waals surface area contributed by atoms with Crippen LogP contribution in [0.1, 0.15) is 19.3 Å². The molecule has 100 valence electrons. The largest absolute Gasteiger partial charge is 0.382 e. The first-order valence-corrected chi connectivity index (χ1v) is 7.06. The Labute approximate surface area is 109 Å². The number of fused-ring (bicyclic) bond motifs is 1. The molecule has 0 spiro atoms. The van der Waals surface area contributed by atoms with Crippen LogP contribution in [0.4, 0.5) is 5.82 Å². The molecule has 1 unspecified atom stereocenters. The zero-order chi connectivity index (χ0) is 12.4. The van der Waals surface area contributed by atoms with Gasteiger partial charge in [0.1, 0.15) is 5.82 Å². The highest BCUT2D eigenvalue weighted by molar-refractivity contribution is 5.23. The van der Waals surface area contributed by atoms with E-state index in [1.807, 2.05) is 16.9 Å². The van der Waals surface area contributed by atoms with Crippen molar-refractivity contribution in [1.82, 2.24) is 19.6 Å². The normalized spacial score (nSPS) is 25.4. The second-order valence-electron chi connectivity index (χ2n) is 5.49. The maximum absolute atomic E-state index is 5.60. The Bertz CT molecular complexity index is 388. The number of nitrogens with zero attached hydrogens (tertiary/aromatic N) is 4. The van der Waals surface area contributed by atoms with Gasteiger partial charge in [0.25, 0.3) is 0 Å². The van der Waals surface area contributed by atoms with Gasteiger partial charge in [-0.3, -0.25) is 9.58 Å². The van der Waals surface area contributed by atoms with Crippen LogP contribution >= 0.6 is 0 Å². The molecule has 1 aromatic heterocycles. The van der Waals surface area contributed by atoms with Crippen LogP contribution in [-0.2, 0) is 6.54 Å². The second-order valence-corrected chi connectivity index (χ2v) is 5.49. The molecule has 1 atom stereocenters. The zero-order valence-electron chi connectivity index (χ0n) is 11.0. The van der Waals surface area contributed by atoms with Gasteiger partial charge in [0, 0.05) is 45.0 Å². The zero-order valence-corrected chi connectivity index (χ0v) is 11.0. The molecule has 2 saturated heterocycles. The fraction of sp³-hybridized carbons (Fsp3) is 0.769. The van der Waals surface area contributed by atoms with Crippen molar-refractivity contribution in [2.45, 2.75) is 31.8 Å². The van der Waals surface area contributed by atoms with Gasteiger partial charge in [-0.05, 0) is 31.9 Å². The van der Waals surface area contributed by atoms with Crippen LogP contribution in [0.25, 0.3) is 0 Å². The van der Waals surface area contributed by atoms with Gasteiger partial charge in [0.2, 0.25) is 0 Å². The van der Waals surface area contributed by atoms with Gasteiger partial charge in [0.15, 0.2) is 0 Å². The van der Waals surface area contributed by atoms with Crippen LogP contribution in [0.15, 0.2) is 12.3 Å². The number of hydrogen-bond donors (Lipinski definition) is 1. The molecular weight excluding hydrogens is 226 g/mol. The van der Waals surface area contributed by atoms with Crippen LogP contribution in [0.5, 0.6) is 0 Å². The molecular formula is C13H23N5. The maximum Gasteiger partial charge on any atom is 0.145 e. The lowest BCUT2D eigenvalue weighted by molar-refractivity contribution is 0.102. The molecule has 5 nitrogen and oxygen atoms in total. The summed E-state index contributed by atoms with van der Waals surface area (Å²) in [5.41, 5.74) is 5.60. The third kappa shape index (κ3) is 2.67. The minimum Gasteiger partial charge on any atom is -0.382 e. The molecule has 0 aromatic carbocycles. The third-order valence-corrected chi connectivity index (χ3v) is 4.19. The number of hydrogen-bond acceptors (Lipinski definition) is 4. The number of nitrogen functional groups attached to an aromatic ring is 1. The Morgan fingerprint density at radius 3 is 3.06 bits per heavy atom. The molecule has 5 heteroatoms. The summed E-state index contributed by atoms with van der Waals surface area (Å²) >= 11 is 0. The van der Waals surface area contributed by atoms with Gasteiger partial charge in [0.05, 0.1) is 0 Å². The van der Waals surface area contributed by atoms with E-state index in [-0.39, 0.29) is 0 Å². The third-order valence-electron chi connectivity index (χ3n) is 4.19. The Morgan fingerprint density at radius 1 is 1.28 bits per heavy atom. The molecule has 2 aliphatic rings. The van der Waals surface area contributed by atoms with Crippen LogP contribution in [0.3, 0.4) is 0 Å². The molecule has 2 aliphatic heterocycles. The maximum atomic E-state index is 5.60. The summed E-state index contributed by atoms with van der Waals surface area (Å²) in [5.74, 6) is 0.620. The van der Waals surface area contributed by atoms with E-state index < -0.39 is 0 Å². The monoisotopic (exact) mass is 249 g/mol. The number of aryl methyl sites for hydroxylation is 1. The quantitative estimate of drug-likeness (QED) is 0.850. The van der Waals surface area contributed by atoms with E-state index in [1.165, 1.54) is 45.6 Å². The molecule has 0 saturated carbocycles. The first-order chi connectivity index (χ1) is 8.81. The Morgan fingerprint density at radius 2 is 2.22 bits per heavy atom. The SMILES string of the molecule is Nc1ccn(CCCN2CCN3CCCC3C2)n1. The highest BCUT2D eigenvalue weighted by Gasteiger charge is 2.29. The van der Waals surface area contributed by atoms with Crippen molar-refractivity contribution in [3.05, 3.63) is 12.3 Å². The number of nitrogens with two attached hydrogens (primary N) is 1. The summed E-state index contributed by atoms with van der Waals surface area (Å²) in [5, 5.41) is 4.21. The topological polar surface area (TPSA) is 50.3 Å². The van der Waals surface area contributed by atoms with E-state index in [4.69, 9.17) is 5.73 Å². The smallest absolute Gasteiger partial charge is 0.145 e. The fourth-order valence-corrected chi connectivity index (χ4v) is 3.22. The minimum absolute atomic E-state index is 0.620. The summed E-state index contributed by atoms with van der Waals surface area (Å²) in [4.78, 5) is 5.27. The van der Waals surface area contributed by atoms with Gasteiger partial charge < -0.3 is 10.6 Å². The second kappa shape index (κ2) is 5.28. The number of anilines is 1. The van der Waals surface area contributed by atoms with E-state index in [0.717, 1.165) is 19.0 Å². The highest BCUT2D eigenvalue weighted by Crippen LogP contribution is 2.21. The molecule has 18 heavy (non-hydrogen) atoms. The van der Waals surface area contributed by atoms with E-state index in [1.54, 1.807) is 0 Å². The van der Waals surface area contributed by atoms with Gasteiger partial charge >= 0.3 is 0 Å². The van der Waals surface area contributed by atoms with E-state index in [2.05, 4.69) is 14.9 Å². The molecule has 0 aliphatic carbocycles. The standard InChI is InChI=1S/C13H23N5/c14-13-4-8-18(15-13)7-2-5-16-9-10-17-6-1-3-12(17)11-16/h4,8,12H,1-3,5-7,9-11H2,(H2,14,15). The van der Waals surface area contributed by atoms with Gasteiger partial charge in [-0.2, -0.15) is 5.10 Å².